The van der Waals surface area contributed by atoms with E-state index in [0.717, 1.165) is 22.5 Å². The van der Waals surface area contributed by atoms with Crippen molar-refractivity contribution in [2.24, 2.45) is 0 Å². The molecule has 1 aliphatic carbocycles. The van der Waals surface area contributed by atoms with Crippen LogP contribution in [0.15, 0.2) is 97.1 Å². The molecule has 0 saturated heterocycles. The third-order valence-corrected chi connectivity index (χ3v) is 7.95. The monoisotopic (exact) mass is 488 g/mol. The average Bonchev–Trinajstić information content (AvgIpc) is 3.10. The Labute approximate surface area is 222 Å². The fourth-order valence-corrected chi connectivity index (χ4v) is 4.92. The van der Waals surface area contributed by atoms with Crippen molar-refractivity contribution in [3.05, 3.63) is 108 Å². The molecule has 0 aliphatic heterocycles. The van der Waals surface area contributed by atoms with E-state index in [1.54, 1.807) is 21.3 Å². The molecule has 0 heterocycles. The Bertz CT molecular complexity index is 1400. The Balaban J connectivity index is 1.50. The second kappa shape index (κ2) is 9.20. The lowest BCUT2D eigenvalue weighted by Crippen LogP contribution is -2.49. The van der Waals surface area contributed by atoms with Gasteiger partial charge in [0.2, 0.25) is 0 Å². The maximum atomic E-state index is 10.4. The van der Waals surface area contributed by atoms with Crippen LogP contribution in [0, 0.1) is 0 Å². The van der Waals surface area contributed by atoms with Gasteiger partial charge in [0.05, 0.1) is 11.2 Å². The van der Waals surface area contributed by atoms with E-state index >= 15 is 0 Å². The molecule has 0 amide bonds. The van der Waals surface area contributed by atoms with E-state index in [1.807, 2.05) is 19.9 Å². The summed E-state index contributed by atoms with van der Waals surface area (Å²) in [5, 5.41) is 10.4. The van der Waals surface area contributed by atoms with Crippen LogP contribution in [0.2, 0.25) is 0 Å². The molecule has 0 atom stereocenters. The summed E-state index contributed by atoms with van der Waals surface area (Å²) >= 11 is 0. The summed E-state index contributed by atoms with van der Waals surface area (Å²) in [6.07, 6.45) is 0. The highest BCUT2D eigenvalue weighted by molar-refractivity contribution is 6.47. The van der Waals surface area contributed by atoms with E-state index in [4.69, 9.17) is 4.65 Å². The molecular formula is C33H35BNO2. The quantitative estimate of drug-likeness (QED) is 0.278. The van der Waals surface area contributed by atoms with Gasteiger partial charge in [0.15, 0.2) is 0 Å². The summed E-state index contributed by atoms with van der Waals surface area (Å²) in [7, 11) is 1.73. The van der Waals surface area contributed by atoms with Crippen LogP contribution in [-0.2, 0) is 10.1 Å². The largest absolute Gasteiger partial charge is 0.427 e. The first kappa shape index (κ1) is 25.3. The topological polar surface area (TPSA) is 32.7 Å². The van der Waals surface area contributed by atoms with E-state index in [-0.39, 0.29) is 5.41 Å². The summed E-state index contributed by atoms with van der Waals surface area (Å²) < 4.78 is 5.97. The number of rotatable bonds is 7. The van der Waals surface area contributed by atoms with Crippen molar-refractivity contribution in [1.82, 2.24) is 0 Å². The second-order valence-electron chi connectivity index (χ2n) is 11.5. The van der Waals surface area contributed by atoms with Gasteiger partial charge in [-0.2, -0.15) is 0 Å². The van der Waals surface area contributed by atoms with Crippen molar-refractivity contribution in [1.29, 1.82) is 0 Å². The van der Waals surface area contributed by atoms with Gasteiger partial charge in [-0.25, -0.2) is 0 Å². The lowest BCUT2D eigenvalue weighted by Gasteiger charge is -2.37. The van der Waals surface area contributed by atoms with Crippen LogP contribution in [0.1, 0.15) is 52.7 Å². The molecule has 4 heteroatoms. The summed E-state index contributed by atoms with van der Waals surface area (Å²) in [6.45, 7) is 11.9. The standard InChI is InChI=1S/C33H35BNO2/c1-31(2)29-15-11-10-14-27(29)28-21-20-26(22-30(28)31)35(24-12-8-7-9-13-24)25-18-16-23(17-19-25)34-37-33(5,6)32(3,4)36/h7-22,36H,1-6H3. The van der Waals surface area contributed by atoms with E-state index in [0.29, 0.717) is 0 Å². The van der Waals surface area contributed by atoms with Crippen LogP contribution >= 0.6 is 0 Å². The fourth-order valence-electron chi connectivity index (χ4n) is 4.92. The van der Waals surface area contributed by atoms with E-state index in [1.165, 1.54) is 22.3 Å². The Morgan fingerprint density at radius 3 is 1.92 bits per heavy atom. The molecule has 187 valence electrons. The third-order valence-electron chi connectivity index (χ3n) is 7.95. The highest BCUT2D eigenvalue weighted by Crippen LogP contribution is 2.50. The summed E-state index contributed by atoms with van der Waals surface area (Å²) in [6, 6.07) is 34.4. The number of para-hydroxylation sites is 1. The molecule has 3 nitrogen and oxygen atoms in total. The SMILES string of the molecule is CC1(C)c2ccccc2-c2ccc(N(c3ccccc3)c3ccc([B]OC(C)(C)C(C)(C)O)cc3)cc21. The van der Waals surface area contributed by atoms with E-state index in [9.17, 15) is 5.11 Å². The van der Waals surface area contributed by atoms with Gasteiger partial charge in [-0.1, -0.05) is 80.0 Å². The number of aliphatic hydroxyl groups is 1. The summed E-state index contributed by atoms with van der Waals surface area (Å²) in [5.74, 6) is 0. The number of hydrogen-bond donors (Lipinski definition) is 1. The van der Waals surface area contributed by atoms with Gasteiger partial charge in [0.1, 0.15) is 0 Å². The number of fused-ring (bicyclic) bond motifs is 3. The lowest BCUT2D eigenvalue weighted by molar-refractivity contribution is -0.0893. The number of nitrogens with zero attached hydrogens (tertiary/aromatic N) is 1. The van der Waals surface area contributed by atoms with Gasteiger partial charge < -0.3 is 14.7 Å². The number of anilines is 3. The number of hydrogen-bond acceptors (Lipinski definition) is 3. The van der Waals surface area contributed by atoms with Gasteiger partial charge in [-0.15, -0.1) is 0 Å². The van der Waals surface area contributed by atoms with Crippen LogP contribution in [-0.4, -0.2) is 23.8 Å². The highest BCUT2D eigenvalue weighted by atomic mass is 16.5. The molecule has 5 rings (SSSR count). The van der Waals surface area contributed by atoms with Gasteiger partial charge in [-0.05, 0) is 86.3 Å². The maximum Gasteiger partial charge on any atom is 0.330 e. The molecule has 4 aromatic rings. The zero-order chi connectivity index (χ0) is 26.4. The van der Waals surface area contributed by atoms with Gasteiger partial charge in [0.25, 0.3) is 0 Å². The first-order chi connectivity index (χ1) is 17.5. The Morgan fingerprint density at radius 2 is 1.24 bits per heavy atom. The van der Waals surface area contributed by atoms with Crippen molar-refractivity contribution in [2.45, 2.75) is 58.2 Å². The van der Waals surface area contributed by atoms with Crippen LogP contribution < -0.4 is 10.4 Å². The predicted molar refractivity (Wildman–Crippen MR) is 156 cm³/mol. The van der Waals surface area contributed by atoms with Crippen LogP contribution in [0.25, 0.3) is 11.1 Å². The minimum Gasteiger partial charge on any atom is -0.427 e. The van der Waals surface area contributed by atoms with E-state index < -0.39 is 11.2 Å². The molecule has 0 saturated carbocycles. The maximum absolute atomic E-state index is 10.4. The third kappa shape index (κ3) is 4.61. The molecule has 0 aromatic heterocycles. The Kier molecular flexibility index (Phi) is 6.30. The van der Waals surface area contributed by atoms with Crippen LogP contribution in [0.4, 0.5) is 17.1 Å². The average molecular weight is 488 g/mol. The minimum atomic E-state index is -0.964. The van der Waals surface area contributed by atoms with Crippen molar-refractivity contribution >= 4 is 30.0 Å². The molecule has 0 fully saturated rings. The zero-order valence-electron chi connectivity index (χ0n) is 22.6. The van der Waals surface area contributed by atoms with Crippen molar-refractivity contribution in [3.63, 3.8) is 0 Å². The van der Waals surface area contributed by atoms with Gasteiger partial charge in [0, 0.05) is 22.5 Å². The molecule has 1 N–H and O–H groups in total. The summed E-state index contributed by atoms with van der Waals surface area (Å²) in [4.78, 5) is 2.30. The zero-order valence-corrected chi connectivity index (χ0v) is 22.6. The molecular weight excluding hydrogens is 453 g/mol. The van der Waals surface area contributed by atoms with Crippen LogP contribution in [0.3, 0.4) is 0 Å². The van der Waals surface area contributed by atoms with Crippen LogP contribution in [0.5, 0.6) is 0 Å². The van der Waals surface area contributed by atoms with Crippen molar-refractivity contribution in [3.8, 4) is 11.1 Å². The Hall–Kier alpha value is -3.34. The van der Waals surface area contributed by atoms with Gasteiger partial charge in [-0.3, -0.25) is 0 Å². The second-order valence-corrected chi connectivity index (χ2v) is 11.5. The van der Waals surface area contributed by atoms with Crippen molar-refractivity contribution in [2.75, 3.05) is 4.90 Å². The number of benzene rings is 4. The molecule has 0 unspecified atom stereocenters. The predicted octanol–water partition coefficient (Wildman–Crippen LogP) is 7.27. The fraction of sp³-hybridized carbons (Fsp3) is 0.273. The first-order valence-electron chi connectivity index (χ1n) is 12.9. The highest BCUT2D eigenvalue weighted by Gasteiger charge is 2.36. The van der Waals surface area contributed by atoms with Crippen molar-refractivity contribution < 1.29 is 9.76 Å². The normalized spacial score (nSPS) is 14.1. The van der Waals surface area contributed by atoms with E-state index in [2.05, 4.69) is 110 Å². The molecule has 1 aliphatic rings. The van der Waals surface area contributed by atoms with Gasteiger partial charge >= 0.3 is 7.48 Å². The minimum absolute atomic E-state index is 0.0618. The molecule has 37 heavy (non-hydrogen) atoms. The molecule has 0 spiro atoms. The first-order valence-corrected chi connectivity index (χ1v) is 12.9. The lowest BCUT2D eigenvalue weighted by atomic mass is 9.82. The Morgan fingerprint density at radius 1 is 0.676 bits per heavy atom. The molecule has 0 bridgehead atoms. The smallest absolute Gasteiger partial charge is 0.330 e. The molecule has 1 radical (unpaired) electrons. The summed E-state index contributed by atoms with van der Waals surface area (Å²) in [5.41, 5.74) is 7.87. The molecule has 4 aromatic carbocycles.